The zero-order valence-electron chi connectivity index (χ0n) is 14.3. The molecular weight excluding hydrogens is 460 g/mol. The van der Waals surface area contributed by atoms with Crippen LogP contribution in [0.1, 0.15) is 30.4 Å². The first-order valence-electron chi connectivity index (χ1n) is 8.27. The van der Waals surface area contributed by atoms with E-state index < -0.39 is 0 Å². The molecule has 0 saturated carbocycles. The fourth-order valence-corrected chi connectivity index (χ4v) is 3.25. The maximum Gasteiger partial charge on any atom is 0.124 e. The Labute approximate surface area is 179 Å². The van der Waals surface area contributed by atoms with Gasteiger partial charge in [-0.3, -0.25) is 0 Å². The average Bonchev–Trinajstić information content (AvgIpc) is 2.58. The molecule has 0 bridgehead atoms. The van der Waals surface area contributed by atoms with Crippen LogP contribution in [0.25, 0.3) is 0 Å². The van der Waals surface area contributed by atoms with E-state index >= 15 is 0 Å². The maximum atomic E-state index is 8.80. The van der Waals surface area contributed by atoms with Crippen LogP contribution in [0.3, 0.4) is 0 Å². The van der Waals surface area contributed by atoms with Gasteiger partial charge in [-0.05, 0) is 56.1 Å². The number of rotatable bonds is 10. The summed E-state index contributed by atoms with van der Waals surface area (Å²) in [7, 11) is 0. The van der Waals surface area contributed by atoms with Gasteiger partial charge in [0.2, 0.25) is 0 Å². The molecular formula is C19H23BrCl3NO2. The summed E-state index contributed by atoms with van der Waals surface area (Å²) < 4.78 is 6.99. The van der Waals surface area contributed by atoms with Crippen molar-refractivity contribution in [2.45, 2.75) is 32.4 Å². The smallest absolute Gasteiger partial charge is 0.124 e. The highest BCUT2D eigenvalue weighted by atomic mass is 79.9. The zero-order chi connectivity index (χ0) is 18.1. The first kappa shape index (κ1) is 23.5. The Hall–Kier alpha value is -0.490. The Morgan fingerprint density at radius 3 is 2.54 bits per heavy atom. The number of aliphatic hydroxyl groups excluding tert-OH is 1. The first-order valence-corrected chi connectivity index (χ1v) is 9.82. The summed E-state index contributed by atoms with van der Waals surface area (Å²) in [6.07, 6.45) is 2.93. The second-order valence-corrected chi connectivity index (χ2v) is 7.50. The van der Waals surface area contributed by atoms with E-state index in [1.54, 1.807) is 6.07 Å². The molecule has 2 N–H and O–H groups in total. The van der Waals surface area contributed by atoms with E-state index in [1.165, 1.54) is 0 Å². The lowest BCUT2D eigenvalue weighted by Crippen LogP contribution is -2.15. The van der Waals surface area contributed by atoms with Crippen LogP contribution in [0.2, 0.25) is 10.0 Å². The minimum atomic E-state index is 0. The van der Waals surface area contributed by atoms with Gasteiger partial charge < -0.3 is 15.2 Å². The Kier molecular flexibility index (Phi) is 11.6. The Bertz CT molecular complexity index is 686. The van der Waals surface area contributed by atoms with Crippen molar-refractivity contribution >= 4 is 51.5 Å². The Morgan fingerprint density at radius 2 is 1.81 bits per heavy atom. The van der Waals surface area contributed by atoms with Gasteiger partial charge in [-0.2, -0.15) is 0 Å². The Balaban J connectivity index is 0.00000338. The van der Waals surface area contributed by atoms with E-state index in [4.69, 9.17) is 33.0 Å². The van der Waals surface area contributed by atoms with Gasteiger partial charge in [0, 0.05) is 38.8 Å². The molecule has 2 aromatic rings. The second-order valence-electron chi connectivity index (χ2n) is 5.74. The fraction of sp³-hybridized carbons (Fsp3) is 0.368. The van der Waals surface area contributed by atoms with Crippen molar-refractivity contribution in [3.63, 3.8) is 0 Å². The molecule has 0 amide bonds. The average molecular weight is 484 g/mol. The summed E-state index contributed by atoms with van der Waals surface area (Å²) in [5.74, 6) is 0.831. The highest BCUT2D eigenvalue weighted by molar-refractivity contribution is 9.10. The van der Waals surface area contributed by atoms with Crippen molar-refractivity contribution in [2.24, 2.45) is 0 Å². The molecule has 3 nitrogen and oxygen atoms in total. The van der Waals surface area contributed by atoms with E-state index in [9.17, 15) is 0 Å². The summed E-state index contributed by atoms with van der Waals surface area (Å²) in [4.78, 5) is 0. The van der Waals surface area contributed by atoms with Crippen molar-refractivity contribution < 1.29 is 9.84 Å². The lowest BCUT2D eigenvalue weighted by molar-refractivity contribution is 0.282. The van der Waals surface area contributed by atoms with Gasteiger partial charge in [0.05, 0.1) is 0 Å². The third-order valence-corrected chi connectivity index (χ3v) is 4.83. The van der Waals surface area contributed by atoms with E-state index in [0.29, 0.717) is 16.7 Å². The van der Waals surface area contributed by atoms with Crippen molar-refractivity contribution in [3.05, 3.63) is 62.0 Å². The van der Waals surface area contributed by atoms with Crippen LogP contribution in [-0.2, 0) is 13.2 Å². The van der Waals surface area contributed by atoms with Crippen molar-refractivity contribution in [3.8, 4) is 5.75 Å². The molecule has 7 heteroatoms. The summed E-state index contributed by atoms with van der Waals surface area (Å²) in [6.45, 7) is 2.29. The van der Waals surface area contributed by atoms with E-state index in [-0.39, 0.29) is 19.0 Å². The van der Waals surface area contributed by atoms with Gasteiger partial charge in [-0.1, -0.05) is 45.2 Å². The summed E-state index contributed by atoms with van der Waals surface area (Å²) >= 11 is 15.6. The van der Waals surface area contributed by atoms with Gasteiger partial charge in [0.15, 0.2) is 0 Å². The van der Waals surface area contributed by atoms with Crippen LogP contribution >= 0.6 is 51.5 Å². The van der Waals surface area contributed by atoms with Crippen molar-refractivity contribution in [2.75, 3.05) is 13.2 Å². The molecule has 0 aliphatic carbocycles. The molecule has 0 atom stereocenters. The molecule has 0 aromatic heterocycles. The lowest BCUT2D eigenvalue weighted by Gasteiger charge is -2.14. The number of hydrogen-bond donors (Lipinski definition) is 2. The molecule has 26 heavy (non-hydrogen) atoms. The second kappa shape index (κ2) is 12.8. The number of hydrogen-bond acceptors (Lipinski definition) is 3. The third-order valence-electron chi connectivity index (χ3n) is 3.75. The van der Waals surface area contributed by atoms with Gasteiger partial charge >= 0.3 is 0 Å². The topological polar surface area (TPSA) is 41.5 Å². The molecule has 2 rings (SSSR count). The molecule has 144 valence electrons. The van der Waals surface area contributed by atoms with Gasteiger partial charge in [-0.25, -0.2) is 0 Å². The minimum absolute atomic E-state index is 0. The first-order chi connectivity index (χ1) is 12.1. The number of benzene rings is 2. The van der Waals surface area contributed by atoms with Crippen LogP contribution in [0, 0.1) is 0 Å². The SMILES string of the molecule is Cl.OCCCCCNCc1cc(Br)ccc1OCc1ccc(Cl)cc1Cl. The molecule has 0 saturated heterocycles. The van der Waals surface area contributed by atoms with Crippen LogP contribution < -0.4 is 10.1 Å². The number of ether oxygens (including phenoxy) is 1. The normalized spacial score (nSPS) is 10.5. The summed E-state index contributed by atoms with van der Waals surface area (Å²) in [6, 6.07) is 11.4. The molecule has 0 aliphatic rings. The van der Waals surface area contributed by atoms with Gasteiger partial charge in [0.25, 0.3) is 0 Å². The highest BCUT2D eigenvalue weighted by Gasteiger charge is 2.07. The third kappa shape index (κ3) is 8.03. The number of nitrogens with one attached hydrogen (secondary N) is 1. The number of aliphatic hydroxyl groups is 1. The van der Waals surface area contributed by atoms with Crippen LogP contribution in [-0.4, -0.2) is 18.3 Å². The van der Waals surface area contributed by atoms with Crippen molar-refractivity contribution in [1.82, 2.24) is 5.32 Å². The Morgan fingerprint density at radius 1 is 1.00 bits per heavy atom. The van der Waals surface area contributed by atoms with E-state index in [2.05, 4.69) is 27.3 Å². The van der Waals surface area contributed by atoms with E-state index in [0.717, 1.165) is 53.7 Å². The quantitative estimate of drug-likeness (QED) is 0.407. The van der Waals surface area contributed by atoms with Crippen LogP contribution in [0.4, 0.5) is 0 Å². The largest absolute Gasteiger partial charge is 0.489 e. The fourth-order valence-electron chi connectivity index (χ4n) is 2.38. The van der Waals surface area contributed by atoms with E-state index in [1.807, 2.05) is 24.3 Å². The van der Waals surface area contributed by atoms with Crippen molar-refractivity contribution in [1.29, 1.82) is 0 Å². The zero-order valence-corrected chi connectivity index (χ0v) is 18.2. The summed E-state index contributed by atoms with van der Waals surface area (Å²) in [5.41, 5.74) is 1.98. The van der Waals surface area contributed by atoms with Gasteiger partial charge in [0.1, 0.15) is 12.4 Å². The minimum Gasteiger partial charge on any atom is -0.489 e. The molecule has 0 heterocycles. The monoisotopic (exact) mass is 481 g/mol. The molecule has 0 fully saturated rings. The molecule has 0 aliphatic heterocycles. The molecule has 0 radical (unpaired) electrons. The molecule has 0 spiro atoms. The predicted molar refractivity (Wildman–Crippen MR) is 115 cm³/mol. The summed E-state index contributed by atoms with van der Waals surface area (Å²) in [5, 5.41) is 13.4. The molecule has 0 unspecified atom stereocenters. The highest BCUT2D eigenvalue weighted by Crippen LogP contribution is 2.26. The van der Waals surface area contributed by atoms with Gasteiger partial charge in [-0.15, -0.1) is 12.4 Å². The maximum absolute atomic E-state index is 8.80. The standard InChI is InChI=1S/C19H22BrCl2NO2.ClH/c20-16-5-7-19(15(10-16)12-23-8-2-1-3-9-24)25-13-14-4-6-17(21)11-18(14)22;/h4-7,10-11,23-24H,1-3,8-9,12-13H2;1H. The number of halogens is 4. The lowest BCUT2D eigenvalue weighted by atomic mass is 10.2. The van der Waals surface area contributed by atoms with Crippen LogP contribution in [0.5, 0.6) is 5.75 Å². The predicted octanol–water partition coefficient (Wildman–Crippen LogP) is 6.01. The number of unbranched alkanes of at least 4 members (excludes halogenated alkanes) is 2. The van der Waals surface area contributed by atoms with Crippen LogP contribution in [0.15, 0.2) is 40.9 Å². The molecule has 2 aromatic carbocycles.